The van der Waals surface area contributed by atoms with Crippen molar-refractivity contribution in [3.63, 3.8) is 0 Å². The van der Waals surface area contributed by atoms with E-state index in [0.717, 1.165) is 11.3 Å². The van der Waals surface area contributed by atoms with Crippen LogP contribution in [0.2, 0.25) is 0 Å². The minimum absolute atomic E-state index is 0.0826. The molecule has 2 atom stereocenters. The Bertz CT molecular complexity index is 422. The van der Waals surface area contributed by atoms with E-state index in [1.807, 2.05) is 19.2 Å². The Morgan fingerprint density at radius 2 is 2.11 bits per heavy atom. The van der Waals surface area contributed by atoms with Gasteiger partial charge in [0.05, 0.1) is 11.9 Å². The zero-order valence-corrected chi connectivity index (χ0v) is 11.2. The van der Waals surface area contributed by atoms with E-state index in [0.29, 0.717) is 0 Å². The van der Waals surface area contributed by atoms with E-state index in [-0.39, 0.29) is 29.3 Å². The molecular formula is C13H17FNO2S+. The molecule has 5 heteroatoms. The fraction of sp³-hybridized carbons (Fsp3) is 0.462. The first kappa shape index (κ1) is 13.4. The highest BCUT2D eigenvalue weighted by Crippen LogP contribution is 2.27. The second-order valence-corrected chi connectivity index (χ2v) is 5.76. The summed E-state index contributed by atoms with van der Waals surface area (Å²) in [5, 5.41) is 2.14. The largest absolute Gasteiger partial charge is 0.459 e. The summed E-state index contributed by atoms with van der Waals surface area (Å²) in [6, 6.07) is 6.26. The van der Waals surface area contributed by atoms with Gasteiger partial charge in [0, 0.05) is 5.56 Å². The van der Waals surface area contributed by atoms with Gasteiger partial charge in [-0.25, -0.2) is 9.18 Å². The molecule has 1 heterocycles. The molecule has 3 nitrogen and oxygen atoms in total. The second-order valence-electron chi connectivity index (χ2n) is 4.59. The SMILES string of the molecule is CC(C)OC(=O)[C@@H]1CS[C@H](c2ccc(F)cc2)[NH2+]1. The second kappa shape index (κ2) is 5.71. The van der Waals surface area contributed by atoms with Crippen LogP contribution in [0.3, 0.4) is 0 Å². The molecule has 0 radical (unpaired) electrons. The predicted molar refractivity (Wildman–Crippen MR) is 68.5 cm³/mol. The van der Waals surface area contributed by atoms with Gasteiger partial charge in [0.2, 0.25) is 0 Å². The van der Waals surface area contributed by atoms with E-state index in [1.54, 1.807) is 23.9 Å². The zero-order chi connectivity index (χ0) is 13.1. The topological polar surface area (TPSA) is 42.9 Å². The summed E-state index contributed by atoms with van der Waals surface area (Å²) in [7, 11) is 0. The highest BCUT2D eigenvalue weighted by atomic mass is 32.2. The van der Waals surface area contributed by atoms with E-state index in [9.17, 15) is 9.18 Å². The van der Waals surface area contributed by atoms with Gasteiger partial charge >= 0.3 is 5.97 Å². The molecule has 1 fully saturated rings. The van der Waals surface area contributed by atoms with Gasteiger partial charge in [0.25, 0.3) is 0 Å². The molecule has 2 N–H and O–H groups in total. The number of hydrogen-bond donors (Lipinski definition) is 1. The van der Waals surface area contributed by atoms with Gasteiger partial charge in [-0.15, -0.1) is 0 Å². The standard InChI is InChI=1S/C13H16FNO2S/c1-8(2)17-13(16)11-7-18-12(15-11)9-3-5-10(14)6-4-9/h3-6,8,11-12,15H,7H2,1-2H3/p+1/t11-,12+/m0/s1. The minimum atomic E-state index is -0.238. The number of rotatable bonds is 3. The summed E-state index contributed by atoms with van der Waals surface area (Å²) in [4.78, 5) is 11.8. The quantitative estimate of drug-likeness (QED) is 0.846. The Hall–Kier alpha value is -1.07. The lowest BCUT2D eigenvalue weighted by Crippen LogP contribution is -2.89. The number of carbonyl (C=O) groups is 1. The van der Waals surface area contributed by atoms with Crippen LogP contribution in [-0.4, -0.2) is 23.9 Å². The van der Waals surface area contributed by atoms with E-state index >= 15 is 0 Å². The summed E-state index contributed by atoms with van der Waals surface area (Å²) >= 11 is 1.69. The van der Waals surface area contributed by atoms with Gasteiger partial charge in [-0.1, -0.05) is 11.8 Å². The molecule has 0 aliphatic carbocycles. The number of halogens is 1. The number of thioether (sulfide) groups is 1. The lowest BCUT2D eigenvalue weighted by atomic mass is 10.2. The lowest BCUT2D eigenvalue weighted by Gasteiger charge is -2.12. The highest BCUT2D eigenvalue weighted by Gasteiger charge is 2.36. The van der Waals surface area contributed by atoms with Crippen molar-refractivity contribution in [1.82, 2.24) is 0 Å². The Balaban J connectivity index is 1.96. The summed E-state index contributed by atoms with van der Waals surface area (Å²) in [6.07, 6.45) is -0.0826. The van der Waals surface area contributed by atoms with Crippen molar-refractivity contribution in [2.24, 2.45) is 0 Å². The molecule has 1 aliphatic heterocycles. The van der Waals surface area contributed by atoms with Crippen LogP contribution in [-0.2, 0) is 9.53 Å². The normalized spacial score (nSPS) is 23.3. The van der Waals surface area contributed by atoms with Gasteiger partial charge in [0.1, 0.15) is 5.82 Å². The van der Waals surface area contributed by atoms with Gasteiger partial charge in [-0.3, -0.25) is 0 Å². The van der Waals surface area contributed by atoms with Crippen molar-refractivity contribution in [2.75, 3.05) is 5.75 Å². The van der Waals surface area contributed by atoms with Gasteiger partial charge in [-0.2, -0.15) is 0 Å². The third-order valence-corrected chi connectivity index (χ3v) is 4.06. The molecular weight excluding hydrogens is 253 g/mol. The number of nitrogens with two attached hydrogens (primary N) is 1. The smallest absolute Gasteiger partial charge is 0.366 e. The fourth-order valence-electron chi connectivity index (χ4n) is 1.86. The summed E-state index contributed by atoms with van der Waals surface area (Å²) in [5.41, 5.74) is 1.03. The molecule has 2 rings (SSSR count). The maximum atomic E-state index is 12.8. The van der Waals surface area contributed by atoms with Crippen LogP contribution in [0.5, 0.6) is 0 Å². The number of carbonyl (C=O) groups excluding carboxylic acids is 1. The molecule has 0 spiro atoms. The number of ether oxygens (including phenoxy) is 1. The van der Waals surface area contributed by atoms with Crippen molar-refractivity contribution in [2.45, 2.75) is 31.4 Å². The van der Waals surface area contributed by atoms with Crippen LogP contribution in [0.15, 0.2) is 24.3 Å². The van der Waals surface area contributed by atoms with Gasteiger partial charge < -0.3 is 10.1 Å². The first-order chi connectivity index (χ1) is 8.56. The number of hydrogen-bond acceptors (Lipinski definition) is 3. The van der Waals surface area contributed by atoms with E-state index in [4.69, 9.17) is 4.74 Å². The first-order valence-electron chi connectivity index (χ1n) is 5.99. The van der Waals surface area contributed by atoms with Crippen molar-refractivity contribution in [1.29, 1.82) is 0 Å². The van der Waals surface area contributed by atoms with Gasteiger partial charge in [-0.05, 0) is 38.1 Å². The summed E-state index contributed by atoms with van der Waals surface area (Å²) in [6.45, 7) is 3.69. The average Bonchev–Trinajstić information content (AvgIpc) is 2.78. The predicted octanol–water partition coefficient (Wildman–Crippen LogP) is 1.45. The fourth-order valence-corrected chi connectivity index (χ4v) is 3.17. The highest BCUT2D eigenvalue weighted by molar-refractivity contribution is 7.99. The molecule has 0 aromatic heterocycles. The molecule has 1 aromatic rings. The third-order valence-electron chi connectivity index (χ3n) is 2.72. The van der Waals surface area contributed by atoms with Crippen LogP contribution >= 0.6 is 11.8 Å². The first-order valence-corrected chi connectivity index (χ1v) is 7.03. The van der Waals surface area contributed by atoms with Crippen molar-refractivity contribution < 1.29 is 19.2 Å². The number of esters is 1. The maximum Gasteiger partial charge on any atom is 0.366 e. The summed E-state index contributed by atoms with van der Waals surface area (Å²) < 4.78 is 18.0. The van der Waals surface area contributed by atoms with Crippen LogP contribution in [0.4, 0.5) is 4.39 Å². The maximum absolute atomic E-state index is 12.8. The Labute approximate surface area is 110 Å². The Morgan fingerprint density at radius 1 is 1.44 bits per heavy atom. The van der Waals surface area contributed by atoms with E-state index in [1.165, 1.54) is 12.1 Å². The average molecular weight is 270 g/mol. The van der Waals surface area contributed by atoms with Crippen LogP contribution < -0.4 is 5.32 Å². The molecule has 1 saturated heterocycles. The van der Waals surface area contributed by atoms with Crippen molar-refractivity contribution in [3.8, 4) is 0 Å². The van der Waals surface area contributed by atoms with Crippen molar-refractivity contribution in [3.05, 3.63) is 35.6 Å². The molecule has 1 aliphatic rings. The third kappa shape index (κ3) is 3.23. The Kier molecular flexibility index (Phi) is 4.24. The zero-order valence-electron chi connectivity index (χ0n) is 10.4. The molecule has 0 unspecified atom stereocenters. The minimum Gasteiger partial charge on any atom is -0.459 e. The lowest BCUT2D eigenvalue weighted by molar-refractivity contribution is -0.685. The van der Waals surface area contributed by atoms with E-state index < -0.39 is 0 Å². The van der Waals surface area contributed by atoms with Crippen LogP contribution in [0, 0.1) is 5.82 Å². The van der Waals surface area contributed by atoms with Crippen LogP contribution in [0.25, 0.3) is 0 Å². The molecule has 0 saturated carbocycles. The number of quaternary nitrogens is 1. The molecule has 0 amide bonds. The molecule has 0 bridgehead atoms. The molecule has 98 valence electrons. The monoisotopic (exact) mass is 270 g/mol. The Morgan fingerprint density at radius 3 is 2.72 bits per heavy atom. The van der Waals surface area contributed by atoms with Gasteiger partial charge in [0.15, 0.2) is 11.4 Å². The summed E-state index contributed by atoms with van der Waals surface area (Å²) in [5.74, 6) is 0.327. The van der Waals surface area contributed by atoms with Crippen molar-refractivity contribution >= 4 is 17.7 Å². The molecule has 1 aromatic carbocycles. The molecule has 18 heavy (non-hydrogen) atoms. The van der Waals surface area contributed by atoms with Crippen LogP contribution in [0.1, 0.15) is 24.8 Å². The number of benzene rings is 1. The van der Waals surface area contributed by atoms with E-state index in [2.05, 4.69) is 0 Å².